The van der Waals surface area contributed by atoms with Crippen LogP contribution in [0, 0.1) is 11.3 Å². The highest BCUT2D eigenvalue weighted by molar-refractivity contribution is 5.08. The van der Waals surface area contributed by atoms with Gasteiger partial charge in [0.05, 0.1) is 5.60 Å². The molecule has 3 N–H and O–H groups in total. The van der Waals surface area contributed by atoms with Crippen molar-refractivity contribution in [2.24, 2.45) is 17.1 Å². The van der Waals surface area contributed by atoms with E-state index in [4.69, 9.17) is 5.73 Å². The van der Waals surface area contributed by atoms with Crippen molar-refractivity contribution in [1.29, 1.82) is 0 Å². The van der Waals surface area contributed by atoms with Crippen molar-refractivity contribution in [3.63, 3.8) is 0 Å². The largest absolute Gasteiger partial charge is 0.388 e. The molecule has 0 aromatic rings. The molecule has 1 aliphatic heterocycles. The summed E-state index contributed by atoms with van der Waals surface area (Å²) in [5.74, 6) is 0.774. The minimum Gasteiger partial charge on any atom is -0.388 e. The van der Waals surface area contributed by atoms with E-state index in [0.29, 0.717) is 6.54 Å². The van der Waals surface area contributed by atoms with Gasteiger partial charge < -0.3 is 10.8 Å². The summed E-state index contributed by atoms with van der Waals surface area (Å²) in [6.07, 6.45) is 9.72. The van der Waals surface area contributed by atoms with Gasteiger partial charge in [-0.25, -0.2) is 0 Å². The molecule has 2 aliphatic carbocycles. The van der Waals surface area contributed by atoms with Gasteiger partial charge in [0.25, 0.3) is 0 Å². The van der Waals surface area contributed by atoms with Crippen molar-refractivity contribution in [2.75, 3.05) is 19.6 Å². The van der Waals surface area contributed by atoms with Gasteiger partial charge in [-0.3, -0.25) is 4.90 Å². The molecule has 0 aromatic heterocycles. The van der Waals surface area contributed by atoms with Gasteiger partial charge in [-0.1, -0.05) is 26.2 Å². The van der Waals surface area contributed by atoms with E-state index in [1.807, 2.05) is 0 Å². The average molecular weight is 266 g/mol. The fourth-order valence-corrected chi connectivity index (χ4v) is 4.64. The summed E-state index contributed by atoms with van der Waals surface area (Å²) in [5.41, 5.74) is 5.66. The van der Waals surface area contributed by atoms with Crippen LogP contribution in [0.1, 0.15) is 58.3 Å². The number of likely N-dealkylation sites (tertiary alicyclic amines) is 1. The van der Waals surface area contributed by atoms with Crippen molar-refractivity contribution in [3.05, 3.63) is 0 Å². The molecule has 3 aliphatic rings. The summed E-state index contributed by atoms with van der Waals surface area (Å²) in [6.45, 7) is 4.91. The fourth-order valence-electron chi connectivity index (χ4n) is 4.64. The molecule has 3 atom stereocenters. The molecule has 3 heteroatoms. The molecule has 3 rings (SSSR count). The summed E-state index contributed by atoms with van der Waals surface area (Å²) in [7, 11) is 0. The molecule has 2 saturated carbocycles. The highest BCUT2D eigenvalue weighted by Crippen LogP contribution is 2.51. The lowest BCUT2D eigenvalue weighted by Gasteiger charge is -2.49. The molecule has 0 spiro atoms. The second kappa shape index (κ2) is 5.01. The van der Waals surface area contributed by atoms with Crippen LogP contribution in [0.4, 0.5) is 0 Å². The van der Waals surface area contributed by atoms with Crippen LogP contribution in [0.5, 0.6) is 0 Å². The minimum absolute atomic E-state index is 0.00440. The van der Waals surface area contributed by atoms with E-state index in [1.165, 1.54) is 32.1 Å². The molecular weight excluding hydrogens is 236 g/mol. The van der Waals surface area contributed by atoms with Gasteiger partial charge in [-0.15, -0.1) is 0 Å². The van der Waals surface area contributed by atoms with Gasteiger partial charge in [0.1, 0.15) is 0 Å². The number of nitrogens with two attached hydrogens (primary N) is 1. The number of hydrogen-bond donors (Lipinski definition) is 2. The highest BCUT2D eigenvalue weighted by Gasteiger charge is 2.55. The van der Waals surface area contributed by atoms with Gasteiger partial charge in [0.2, 0.25) is 0 Å². The number of nitrogens with zero attached hydrogens (tertiary/aromatic N) is 1. The molecule has 0 bridgehead atoms. The second-order valence-corrected chi connectivity index (χ2v) is 7.34. The molecule has 1 heterocycles. The Kier molecular flexibility index (Phi) is 3.65. The standard InChI is InChI=1S/C16H30N2O/c1-2-13-4-3-7-15(10-13,11-17)16(19)8-9-18(12-16)14-5-6-14/h13-14,19H,2-12,17H2,1H3. The molecule has 1 saturated heterocycles. The number of aliphatic hydroxyl groups is 1. The minimum atomic E-state index is -0.516. The van der Waals surface area contributed by atoms with Gasteiger partial charge in [-0.2, -0.15) is 0 Å². The monoisotopic (exact) mass is 266 g/mol. The molecular formula is C16H30N2O. The second-order valence-electron chi connectivity index (χ2n) is 7.34. The third-order valence-corrected chi connectivity index (χ3v) is 6.24. The zero-order chi connectivity index (χ0) is 13.5. The van der Waals surface area contributed by atoms with Crippen molar-refractivity contribution in [1.82, 2.24) is 4.90 Å². The maximum absolute atomic E-state index is 11.3. The molecule has 0 amide bonds. The van der Waals surface area contributed by atoms with Crippen molar-refractivity contribution < 1.29 is 5.11 Å². The smallest absolute Gasteiger partial charge is 0.0854 e. The summed E-state index contributed by atoms with van der Waals surface area (Å²) < 4.78 is 0. The van der Waals surface area contributed by atoms with Crippen molar-refractivity contribution in [3.8, 4) is 0 Å². The molecule has 0 radical (unpaired) electrons. The molecule has 3 nitrogen and oxygen atoms in total. The Labute approximate surface area is 117 Å². The average Bonchev–Trinajstić information content (AvgIpc) is 3.22. The predicted octanol–water partition coefficient (Wildman–Crippen LogP) is 2.13. The van der Waals surface area contributed by atoms with Crippen molar-refractivity contribution in [2.45, 2.75) is 69.9 Å². The maximum atomic E-state index is 11.3. The van der Waals surface area contributed by atoms with E-state index >= 15 is 0 Å². The molecule has 3 unspecified atom stereocenters. The normalized spacial score (nSPS) is 44.7. The lowest BCUT2D eigenvalue weighted by molar-refractivity contribution is -0.101. The first-order chi connectivity index (χ1) is 9.12. The van der Waals surface area contributed by atoms with E-state index in [1.54, 1.807) is 0 Å². The molecule has 0 aromatic carbocycles. The Hall–Kier alpha value is -0.120. The molecule has 19 heavy (non-hydrogen) atoms. The Morgan fingerprint density at radius 1 is 1.26 bits per heavy atom. The Morgan fingerprint density at radius 2 is 2.05 bits per heavy atom. The lowest BCUT2D eigenvalue weighted by atomic mass is 9.60. The topological polar surface area (TPSA) is 49.5 Å². The third kappa shape index (κ3) is 2.34. The zero-order valence-electron chi connectivity index (χ0n) is 12.4. The van der Waals surface area contributed by atoms with E-state index in [0.717, 1.165) is 44.3 Å². The van der Waals surface area contributed by atoms with Crippen LogP contribution >= 0.6 is 0 Å². The van der Waals surface area contributed by atoms with Gasteiger partial charge in [0.15, 0.2) is 0 Å². The summed E-state index contributed by atoms with van der Waals surface area (Å²) in [5, 5.41) is 11.3. The van der Waals surface area contributed by atoms with E-state index in [2.05, 4.69) is 11.8 Å². The van der Waals surface area contributed by atoms with Crippen molar-refractivity contribution >= 4 is 0 Å². The molecule has 3 fully saturated rings. The number of rotatable bonds is 4. The summed E-state index contributed by atoms with van der Waals surface area (Å²) in [6, 6.07) is 0.773. The van der Waals surface area contributed by atoms with Crippen LogP contribution in [-0.2, 0) is 0 Å². The van der Waals surface area contributed by atoms with Crippen LogP contribution in [0.2, 0.25) is 0 Å². The van der Waals surface area contributed by atoms with Crippen LogP contribution in [-0.4, -0.2) is 41.3 Å². The first-order valence-corrected chi connectivity index (χ1v) is 8.29. The van der Waals surface area contributed by atoms with E-state index in [-0.39, 0.29) is 5.41 Å². The van der Waals surface area contributed by atoms with Crippen LogP contribution < -0.4 is 5.73 Å². The highest BCUT2D eigenvalue weighted by atomic mass is 16.3. The van der Waals surface area contributed by atoms with Gasteiger partial charge >= 0.3 is 0 Å². The van der Waals surface area contributed by atoms with Crippen LogP contribution in [0.3, 0.4) is 0 Å². The first-order valence-electron chi connectivity index (χ1n) is 8.29. The van der Waals surface area contributed by atoms with E-state index in [9.17, 15) is 5.11 Å². The van der Waals surface area contributed by atoms with Crippen LogP contribution in [0.15, 0.2) is 0 Å². The van der Waals surface area contributed by atoms with E-state index < -0.39 is 5.60 Å². The fraction of sp³-hybridized carbons (Fsp3) is 1.00. The molecule has 110 valence electrons. The SMILES string of the molecule is CCC1CCCC(CN)(C2(O)CCN(C3CC3)C2)C1. The Morgan fingerprint density at radius 3 is 2.68 bits per heavy atom. The Bertz CT molecular complexity index is 331. The summed E-state index contributed by atoms with van der Waals surface area (Å²) in [4.78, 5) is 2.52. The third-order valence-electron chi connectivity index (χ3n) is 6.24. The quantitative estimate of drug-likeness (QED) is 0.819. The number of β-amino-alcohol motifs (C(OH)–C–C–N with tert-alkyl or cyclic N) is 1. The van der Waals surface area contributed by atoms with Gasteiger partial charge in [-0.05, 0) is 38.0 Å². The maximum Gasteiger partial charge on any atom is 0.0854 e. The first kappa shape index (κ1) is 13.8. The summed E-state index contributed by atoms with van der Waals surface area (Å²) >= 11 is 0. The zero-order valence-corrected chi connectivity index (χ0v) is 12.4. The van der Waals surface area contributed by atoms with Gasteiger partial charge in [0, 0.05) is 31.1 Å². The predicted molar refractivity (Wildman–Crippen MR) is 77.9 cm³/mol. The van der Waals surface area contributed by atoms with Crippen LogP contribution in [0.25, 0.3) is 0 Å². The number of hydrogen-bond acceptors (Lipinski definition) is 3. The Balaban J connectivity index is 1.76. The lowest BCUT2D eigenvalue weighted by Crippen LogP contribution is -2.56.